The molecule has 2 atom stereocenters. The average molecular weight is 710 g/mol. The third-order valence-corrected chi connectivity index (χ3v) is 9.90. The number of carbonyl (C=O) groups excluding carboxylic acids is 3. The van der Waals surface area contributed by atoms with Crippen LogP contribution in [0.1, 0.15) is 32.6 Å². The minimum absolute atomic E-state index is 0.102. The summed E-state index contributed by atoms with van der Waals surface area (Å²) < 4.78 is 39.4. The molecule has 254 valence electrons. The van der Waals surface area contributed by atoms with E-state index in [1.54, 1.807) is 60.7 Å². The zero-order valence-corrected chi connectivity index (χ0v) is 27.2. The molecule has 1 aliphatic rings. The molecular weight excluding hydrogens is 679 g/mol. The maximum atomic E-state index is 14.1. The largest absolute Gasteiger partial charge is 0.465 e. The first-order valence-corrected chi connectivity index (χ1v) is 17.4. The number of alkyl halides is 2. The number of nitrogens with zero attached hydrogens (tertiary/aromatic N) is 1. The number of fused-ring (bicyclic) bond motifs is 1. The summed E-state index contributed by atoms with van der Waals surface area (Å²) in [4.78, 5) is 72.2. The summed E-state index contributed by atoms with van der Waals surface area (Å²) in [6.45, 7) is 0.102. The van der Waals surface area contributed by atoms with E-state index in [9.17, 15) is 37.6 Å². The van der Waals surface area contributed by atoms with Crippen molar-refractivity contribution in [3.63, 3.8) is 0 Å². The smallest absolute Gasteiger partial charge is 0.405 e. The molecule has 49 heavy (non-hydrogen) atoms. The van der Waals surface area contributed by atoms with Crippen molar-refractivity contribution in [2.75, 3.05) is 10.7 Å². The average Bonchev–Trinajstić information content (AvgIpc) is 3.20. The van der Waals surface area contributed by atoms with Gasteiger partial charge in [0, 0.05) is 33.8 Å². The molecule has 5 N–H and O–H groups in total. The van der Waals surface area contributed by atoms with Crippen LogP contribution in [0.2, 0.25) is 0 Å². The molecule has 1 heterocycles. The van der Waals surface area contributed by atoms with Gasteiger partial charge in [0.05, 0.1) is 12.2 Å². The Morgan fingerprint density at radius 1 is 0.878 bits per heavy atom. The lowest BCUT2D eigenvalue weighted by molar-refractivity contribution is -0.128. The van der Waals surface area contributed by atoms with Gasteiger partial charge in [0.15, 0.2) is 5.78 Å². The number of amides is 3. The van der Waals surface area contributed by atoms with Gasteiger partial charge in [0.25, 0.3) is 5.91 Å². The summed E-state index contributed by atoms with van der Waals surface area (Å²) in [6, 6.07) is 24.1. The highest BCUT2D eigenvalue weighted by atomic mass is 32.2. The van der Waals surface area contributed by atoms with E-state index >= 15 is 0 Å². The second kappa shape index (κ2) is 14.7. The van der Waals surface area contributed by atoms with Crippen molar-refractivity contribution in [1.29, 1.82) is 0 Å². The Labute approximate surface area is 283 Å². The van der Waals surface area contributed by atoms with Crippen molar-refractivity contribution in [2.24, 2.45) is 0 Å². The lowest BCUT2D eigenvalue weighted by Crippen LogP contribution is -2.55. The Balaban J connectivity index is 1.34. The molecule has 0 aromatic heterocycles. The molecule has 5 rings (SSSR count). The summed E-state index contributed by atoms with van der Waals surface area (Å²) in [6.07, 6.45) is -1.86. The van der Waals surface area contributed by atoms with Crippen LogP contribution in [0.15, 0.2) is 108 Å². The standard InChI is InChI=1S/C34H30F2N3O8PS/c35-34(36,48(45,46)47)25-16-12-21(13-17-25)18-26(38-33(43)44)31(41)37-27-20-49-29-9-5-4-8-28(29)39(32(27)42)19-22-10-14-24(15-11-22)30(40)23-6-2-1-3-7-23/h1-17,26-27,38H,18-20H2,(H,37,41)(H,43,44)(H2,45,46,47). The fraction of sp³-hybridized carbons (Fsp3) is 0.176. The highest BCUT2D eigenvalue weighted by Crippen LogP contribution is 2.59. The highest BCUT2D eigenvalue weighted by molar-refractivity contribution is 7.99. The van der Waals surface area contributed by atoms with Crippen molar-refractivity contribution in [1.82, 2.24) is 10.6 Å². The lowest BCUT2D eigenvalue weighted by Gasteiger charge is -2.27. The van der Waals surface area contributed by atoms with E-state index in [1.165, 1.54) is 16.7 Å². The molecule has 3 amide bonds. The van der Waals surface area contributed by atoms with Crippen LogP contribution in [-0.4, -0.2) is 56.4 Å². The SMILES string of the molecule is O=C(O)NC(Cc1ccc(C(F)(F)P(=O)(O)O)cc1)C(=O)NC1CSc2ccccc2N(Cc2ccc(C(=O)c3ccccc3)cc2)C1=O. The van der Waals surface area contributed by atoms with E-state index in [1.807, 2.05) is 18.2 Å². The molecule has 4 aromatic carbocycles. The summed E-state index contributed by atoms with van der Waals surface area (Å²) in [5.74, 6) is -1.34. The lowest BCUT2D eigenvalue weighted by atomic mass is 10.0. The van der Waals surface area contributed by atoms with E-state index in [2.05, 4.69) is 10.6 Å². The van der Waals surface area contributed by atoms with Crippen molar-refractivity contribution in [3.8, 4) is 0 Å². The summed E-state index contributed by atoms with van der Waals surface area (Å²) in [5, 5.41) is 14.1. The minimum Gasteiger partial charge on any atom is -0.465 e. The number of carbonyl (C=O) groups is 4. The third kappa shape index (κ3) is 8.23. The van der Waals surface area contributed by atoms with Crippen molar-refractivity contribution >= 4 is 48.7 Å². The molecule has 0 saturated heterocycles. The molecule has 0 bridgehead atoms. The van der Waals surface area contributed by atoms with E-state index < -0.39 is 48.8 Å². The molecule has 0 aliphatic carbocycles. The number of anilines is 1. The number of para-hydroxylation sites is 1. The molecule has 0 spiro atoms. The van der Waals surface area contributed by atoms with E-state index in [-0.39, 0.29) is 30.1 Å². The van der Waals surface area contributed by atoms with Gasteiger partial charge < -0.3 is 30.4 Å². The van der Waals surface area contributed by atoms with Gasteiger partial charge in [-0.25, -0.2) is 4.79 Å². The third-order valence-electron chi connectivity index (χ3n) is 7.76. The second-order valence-electron chi connectivity index (χ2n) is 11.1. The topological polar surface area (TPSA) is 173 Å². The van der Waals surface area contributed by atoms with E-state index in [0.717, 1.165) is 29.2 Å². The predicted octanol–water partition coefficient (Wildman–Crippen LogP) is 5.15. The minimum atomic E-state index is -5.80. The predicted molar refractivity (Wildman–Crippen MR) is 178 cm³/mol. The quantitative estimate of drug-likeness (QED) is 0.104. The van der Waals surface area contributed by atoms with Crippen LogP contribution in [0.5, 0.6) is 0 Å². The maximum absolute atomic E-state index is 14.1. The van der Waals surface area contributed by atoms with Gasteiger partial charge in [-0.3, -0.25) is 18.9 Å². The van der Waals surface area contributed by atoms with Crippen LogP contribution in [-0.2, 0) is 32.8 Å². The number of carboxylic acid groups (broad SMARTS) is 1. The number of nitrogens with one attached hydrogen (secondary N) is 2. The zero-order valence-electron chi connectivity index (χ0n) is 25.5. The van der Waals surface area contributed by atoms with Crippen LogP contribution >= 0.6 is 19.4 Å². The van der Waals surface area contributed by atoms with Gasteiger partial charge in [-0.15, -0.1) is 11.8 Å². The number of ketones is 1. The Kier molecular flexibility index (Phi) is 10.6. The van der Waals surface area contributed by atoms with Crippen molar-refractivity contribution in [2.45, 2.75) is 35.6 Å². The number of halogens is 2. The Bertz CT molecular complexity index is 1910. The normalized spacial score (nSPS) is 15.5. The van der Waals surface area contributed by atoms with Gasteiger partial charge in [-0.05, 0) is 23.3 Å². The first-order valence-electron chi connectivity index (χ1n) is 14.8. The molecule has 11 nitrogen and oxygen atoms in total. The molecule has 1 aliphatic heterocycles. The van der Waals surface area contributed by atoms with Crippen LogP contribution in [0.4, 0.5) is 19.3 Å². The van der Waals surface area contributed by atoms with Crippen LogP contribution in [0, 0.1) is 0 Å². The van der Waals surface area contributed by atoms with Crippen LogP contribution in [0.25, 0.3) is 0 Å². The molecular formula is C34H30F2N3O8PS. The Morgan fingerprint density at radius 3 is 2.10 bits per heavy atom. The first kappa shape index (κ1) is 35.4. The van der Waals surface area contributed by atoms with Gasteiger partial charge >= 0.3 is 19.4 Å². The van der Waals surface area contributed by atoms with Crippen LogP contribution in [0.3, 0.4) is 0 Å². The number of rotatable bonds is 11. The van der Waals surface area contributed by atoms with Crippen molar-refractivity contribution in [3.05, 3.63) is 131 Å². The number of benzene rings is 4. The fourth-order valence-electron chi connectivity index (χ4n) is 5.20. The molecule has 15 heteroatoms. The van der Waals surface area contributed by atoms with Crippen LogP contribution < -0.4 is 15.5 Å². The molecule has 4 aromatic rings. The second-order valence-corrected chi connectivity index (χ2v) is 13.9. The first-order chi connectivity index (χ1) is 23.2. The van der Waals surface area contributed by atoms with Gasteiger partial charge in [0.2, 0.25) is 5.91 Å². The Morgan fingerprint density at radius 2 is 1.47 bits per heavy atom. The van der Waals surface area contributed by atoms with Gasteiger partial charge in [-0.1, -0.05) is 91.0 Å². The number of hydrogen-bond acceptors (Lipinski definition) is 6. The molecule has 0 radical (unpaired) electrons. The molecule has 0 fully saturated rings. The van der Waals surface area contributed by atoms with Gasteiger partial charge in [0.1, 0.15) is 12.1 Å². The fourth-order valence-corrected chi connectivity index (χ4v) is 6.75. The van der Waals surface area contributed by atoms with Crippen molar-refractivity contribution < 1.29 is 47.4 Å². The van der Waals surface area contributed by atoms with E-state index in [4.69, 9.17) is 9.79 Å². The number of hydrogen-bond donors (Lipinski definition) is 5. The summed E-state index contributed by atoms with van der Waals surface area (Å²) in [5.41, 5.74) is -2.85. The van der Waals surface area contributed by atoms with Gasteiger partial charge in [-0.2, -0.15) is 8.78 Å². The number of thioether (sulfide) groups is 1. The maximum Gasteiger partial charge on any atom is 0.405 e. The highest BCUT2D eigenvalue weighted by Gasteiger charge is 2.50. The van der Waals surface area contributed by atoms with E-state index in [0.29, 0.717) is 22.4 Å². The monoisotopic (exact) mass is 709 g/mol. The molecule has 2 unspecified atom stereocenters. The zero-order chi connectivity index (χ0) is 35.3. The Hall–Kier alpha value is -4.88. The summed E-state index contributed by atoms with van der Waals surface area (Å²) in [7, 11) is -5.80. The summed E-state index contributed by atoms with van der Waals surface area (Å²) >= 11 is 1.32. The molecule has 0 saturated carbocycles.